The number of hydrogen-bond acceptors (Lipinski definition) is 3. The molecule has 0 N–H and O–H groups in total. The highest BCUT2D eigenvalue weighted by Gasteiger charge is 2.46. The number of halogens is 1. The van der Waals surface area contributed by atoms with E-state index >= 15 is 0 Å². The number of rotatable bonds is 4. The van der Waals surface area contributed by atoms with Gasteiger partial charge in [0.15, 0.2) is 0 Å². The highest BCUT2D eigenvalue weighted by molar-refractivity contribution is 14.2. The minimum Gasteiger partial charge on any atom is -0.466 e. The Bertz CT molecular complexity index is 369. The number of nitrogens with zero attached hydrogens (tertiary/aromatic N) is 2. The second-order valence-corrected chi connectivity index (χ2v) is 5.49. The van der Waals surface area contributed by atoms with Crippen molar-refractivity contribution in [1.29, 1.82) is 0 Å². The SMILES string of the molecule is CCOC(=O)[C@H]1C[C@@H]1c1ccnn1PI. The molecule has 1 aliphatic carbocycles. The molecule has 1 saturated carbocycles. The van der Waals surface area contributed by atoms with E-state index in [1.165, 1.54) is 5.69 Å². The van der Waals surface area contributed by atoms with Crippen LogP contribution >= 0.6 is 28.4 Å². The Morgan fingerprint density at radius 2 is 2.67 bits per heavy atom. The van der Waals surface area contributed by atoms with Crippen molar-refractivity contribution in [3.05, 3.63) is 18.0 Å². The van der Waals surface area contributed by atoms with Gasteiger partial charge >= 0.3 is 5.97 Å². The average Bonchev–Trinajstić information content (AvgIpc) is 2.89. The summed E-state index contributed by atoms with van der Waals surface area (Å²) in [7, 11) is 0. The third-order valence-electron chi connectivity index (χ3n) is 2.51. The van der Waals surface area contributed by atoms with Gasteiger partial charge in [-0.05, 0) is 41.5 Å². The molecule has 0 bridgehead atoms. The predicted octanol–water partition coefficient (Wildman–Crippen LogP) is 2.34. The summed E-state index contributed by atoms with van der Waals surface area (Å²) in [5.74, 6) is 0.328. The Labute approximate surface area is 103 Å². The maximum atomic E-state index is 11.5. The number of carbonyl (C=O) groups is 1. The van der Waals surface area contributed by atoms with Crippen molar-refractivity contribution in [2.45, 2.75) is 19.3 Å². The molecular formula is C9H12IN2O2P. The second-order valence-electron chi connectivity index (χ2n) is 3.45. The van der Waals surface area contributed by atoms with Gasteiger partial charge in [0.05, 0.1) is 18.9 Å². The smallest absolute Gasteiger partial charge is 0.309 e. The molecule has 1 unspecified atom stereocenters. The molecule has 3 atom stereocenters. The zero-order valence-electron chi connectivity index (χ0n) is 8.31. The summed E-state index contributed by atoms with van der Waals surface area (Å²) < 4.78 is 6.96. The van der Waals surface area contributed by atoms with Gasteiger partial charge < -0.3 is 4.74 Å². The van der Waals surface area contributed by atoms with Crippen LogP contribution in [-0.4, -0.2) is 22.1 Å². The summed E-state index contributed by atoms with van der Waals surface area (Å²) in [6.07, 6.45) is 3.30. The van der Waals surface area contributed by atoms with E-state index in [9.17, 15) is 4.79 Å². The van der Waals surface area contributed by atoms with Gasteiger partial charge in [-0.2, -0.15) is 5.10 Å². The summed E-state index contributed by atoms with van der Waals surface area (Å²) in [4.78, 5) is 11.5. The van der Waals surface area contributed by atoms with E-state index in [0.717, 1.165) is 6.42 Å². The minimum atomic E-state index is -0.0629. The Morgan fingerprint density at radius 1 is 1.87 bits per heavy atom. The number of aromatic nitrogens is 2. The molecule has 82 valence electrons. The van der Waals surface area contributed by atoms with E-state index < -0.39 is 0 Å². The first-order valence-corrected chi connectivity index (χ1v) is 8.91. The molecule has 0 aliphatic heterocycles. The molecule has 0 amide bonds. The first kappa shape index (κ1) is 11.3. The number of carbonyl (C=O) groups excluding carboxylic acids is 1. The van der Waals surface area contributed by atoms with Crippen LogP contribution in [0.1, 0.15) is 25.0 Å². The van der Waals surface area contributed by atoms with Crippen LogP contribution in [0.5, 0.6) is 0 Å². The quantitative estimate of drug-likeness (QED) is 0.481. The number of hydrogen-bond donors (Lipinski definition) is 0. The third kappa shape index (κ3) is 2.33. The minimum absolute atomic E-state index is 0.0629. The van der Waals surface area contributed by atoms with E-state index in [0.29, 0.717) is 18.9 Å². The summed E-state index contributed by atoms with van der Waals surface area (Å²) in [5.41, 5.74) is 1.17. The molecule has 0 saturated heterocycles. The molecule has 0 aromatic carbocycles. The van der Waals surface area contributed by atoms with Crippen LogP contribution in [-0.2, 0) is 9.53 Å². The zero-order valence-corrected chi connectivity index (χ0v) is 11.5. The van der Waals surface area contributed by atoms with E-state index in [2.05, 4.69) is 27.1 Å². The van der Waals surface area contributed by atoms with Crippen LogP contribution in [0.2, 0.25) is 0 Å². The van der Waals surface area contributed by atoms with Crippen molar-refractivity contribution in [1.82, 2.24) is 9.55 Å². The second kappa shape index (κ2) is 4.78. The summed E-state index contributed by atoms with van der Waals surface area (Å²) in [5, 5.41) is 4.21. The van der Waals surface area contributed by atoms with Gasteiger partial charge in [-0.3, -0.25) is 4.79 Å². The molecule has 2 rings (SSSR count). The highest BCUT2D eigenvalue weighted by Crippen LogP contribution is 2.49. The lowest BCUT2D eigenvalue weighted by Crippen LogP contribution is -2.07. The molecule has 1 fully saturated rings. The Balaban J connectivity index is 2.01. The van der Waals surface area contributed by atoms with E-state index in [4.69, 9.17) is 4.74 Å². The van der Waals surface area contributed by atoms with Crippen molar-refractivity contribution < 1.29 is 9.53 Å². The Morgan fingerprint density at radius 3 is 3.33 bits per heavy atom. The molecule has 1 aromatic rings. The van der Waals surface area contributed by atoms with Crippen molar-refractivity contribution >= 4 is 34.4 Å². The average molecular weight is 338 g/mol. The fourth-order valence-corrected chi connectivity index (χ4v) is 3.35. The standard InChI is InChI=1S/C9H12IN2O2P/c1-2-14-9(13)7-5-6(7)8-3-4-11-12(8)15-10/h3-4,6-7,15H,2,5H2,1H3/t6-,7-/m0/s1. The van der Waals surface area contributed by atoms with Crippen LogP contribution in [0.4, 0.5) is 0 Å². The summed E-state index contributed by atoms with van der Waals surface area (Å²) in [6.45, 7) is 2.31. The monoisotopic (exact) mass is 338 g/mol. The normalized spacial score (nSPS) is 24.7. The molecular weight excluding hydrogens is 326 g/mol. The van der Waals surface area contributed by atoms with Gasteiger partial charge in [0.2, 0.25) is 0 Å². The molecule has 0 radical (unpaired) electrons. The van der Waals surface area contributed by atoms with Gasteiger partial charge in [0, 0.05) is 17.8 Å². The molecule has 4 nitrogen and oxygen atoms in total. The fraction of sp³-hybridized carbons (Fsp3) is 0.556. The number of esters is 1. The molecule has 6 heteroatoms. The van der Waals surface area contributed by atoms with E-state index in [1.54, 1.807) is 6.20 Å². The van der Waals surface area contributed by atoms with Gasteiger partial charge in [0.25, 0.3) is 0 Å². The summed E-state index contributed by atoms with van der Waals surface area (Å²) >= 11 is 2.29. The van der Waals surface area contributed by atoms with Crippen LogP contribution in [0.3, 0.4) is 0 Å². The first-order chi connectivity index (χ1) is 7.27. The molecule has 1 aromatic heterocycles. The lowest BCUT2D eigenvalue weighted by molar-refractivity contribution is -0.144. The van der Waals surface area contributed by atoms with Gasteiger partial charge in [0.1, 0.15) is 0 Å². The lowest BCUT2D eigenvalue weighted by Gasteiger charge is -2.02. The van der Waals surface area contributed by atoms with Crippen molar-refractivity contribution in [3.8, 4) is 0 Å². The van der Waals surface area contributed by atoms with Crippen molar-refractivity contribution in [2.75, 3.05) is 6.61 Å². The molecule has 1 heterocycles. The van der Waals surface area contributed by atoms with Crippen molar-refractivity contribution in [3.63, 3.8) is 0 Å². The summed E-state index contributed by atoms with van der Waals surface area (Å²) in [6, 6.07) is 2.00. The van der Waals surface area contributed by atoms with Gasteiger partial charge in [-0.25, -0.2) is 4.45 Å². The fourth-order valence-electron chi connectivity index (χ4n) is 1.70. The third-order valence-corrected chi connectivity index (χ3v) is 4.42. The number of ether oxygens (including phenoxy) is 1. The van der Waals surface area contributed by atoms with Gasteiger partial charge in [-0.1, -0.05) is 0 Å². The molecule has 0 spiro atoms. The van der Waals surface area contributed by atoms with Crippen LogP contribution in [0.15, 0.2) is 12.3 Å². The largest absolute Gasteiger partial charge is 0.466 e. The maximum Gasteiger partial charge on any atom is 0.309 e. The van der Waals surface area contributed by atoms with Crippen molar-refractivity contribution in [2.24, 2.45) is 5.92 Å². The Kier molecular flexibility index (Phi) is 3.61. The topological polar surface area (TPSA) is 44.1 Å². The predicted molar refractivity (Wildman–Crippen MR) is 67.4 cm³/mol. The van der Waals surface area contributed by atoms with Gasteiger partial charge in [-0.15, -0.1) is 0 Å². The maximum absolute atomic E-state index is 11.5. The first-order valence-electron chi connectivity index (χ1n) is 4.85. The van der Waals surface area contributed by atoms with Crippen LogP contribution in [0, 0.1) is 5.92 Å². The molecule has 1 aliphatic rings. The Hall–Kier alpha value is -0.160. The lowest BCUT2D eigenvalue weighted by atomic mass is 10.2. The van der Waals surface area contributed by atoms with Crippen LogP contribution in [0.25, 0.3) is 0 Å². The van der Waals surface area contributed by atoms with E-state index in [-0.39, 0.29) is 11.9 Å². The van der Waals surface area contributed by atoms with E-state index in [1.807, 2.05) is 17.4 Å². The highest BCUT2D eigenvalue weighted by atomic mass is 127. The molecule has 15 heavy (non-hydrogen) atoms. The van der Waals surface area contributed by atoms with Crippen LogP contribution < -0.4 is 0 Å². The zero-order chi connectivity index (χ0) is 10.8.